The van der Waals surface area contributed by atoms with E-state index in [4.69, 9.17) is 5.11 Å². The van der Waals surface area contributed by atoms with Crippen LogP contribution < -0.4 is 21.0 Å². The standard InChI is InChI=1S/C22H29N5O2.CH4O.W/c1-3-20-24-15(2)23-11-4-5-16-14-27(12-10-22(16)8-9-22)19-13-17(26-29)6-7-18(19)21(28)25-20;1-2;/h3,6-7,13,16,23,26,29H,1-2,4-5,8-12,14H2,(H,24,25,28);2H,1H3;. The first kappa shape index (κ1) is 26.1. The first-order chi connectivity index (χ1) is 15.0. The molecule has 4 rings (SSSR count). The summed E-state index contributed by atoms with van der Waals surface area (Å²) in [6.45, 7) is 10.3. The summed E-state index contributed by atoms with van der Waals surface area (Å²) in [5, 5.41) is 22.5. The molecule has 1 atom stereocenters. The van der Waals surface area contributed by atoms with Crippen LogP contribution in [0.1, 0.15) is 42.5 Å². The third kappa shape index (κ3) is 5.80. The van der Waals surface area contributed by atoms with Gasteiger partial charge in [0.15, 0.2) is 0 Å². The number of aliphatic hydroxyl groups is 1. The minimum atomic E-state index is -0.253. The predicted molar refractivity (Wildman–Crippen MR) is 123 cm³/mol. The van der Waals surface area contributed by atoms with Gasteiger partial charge >= 0.3 is 0 Å². The summed E-state index contributed by atoms with van der Waals surface area (Å²) < 4.78 is 0. The zero-order chi connectivity index (χ0) is 22.4. The number of anilines is 2. The van der Waals surface area contributed by atoms with Gasteiger partial charge in [-0.2, -0.15) is 0 Å². The molecule has 174 valence electrons. The van der Waals surface area contributed by atoms with E-state index >= 15 is 0 Å². The first-order valence-corrected chi connectivity index (χ1v) is 10.7. The molecule has 2 aliphatic heterocycles. The SMILES string of the molecule is C=C/C1=N\C(=C)NCCCC2CN(CCC23CC3)c2cc(NO)ccc2C(=O)N1.CO.[W]. The molecule has 1 saturated heterocycles. The van der Waals surface area contributed by atoms with Crippen LogP contribution in [0.2, 0.25) is 0 Å². The Labute approximate surface area is 204 Å². The fourth-order valence-corrected chi connectivity index (χ4v) is 4.68. The number of nitrogens with zero attached hydrogens (tertiary/aromatic N) is 2. The van der Waals surface area contributed by atoms with E-state index in [0.29, 0.717) is 34.2 Å². The van der Waals surface area contributed by atoms with Crippen molar-refractivity contribution in [3.63, 3.8) is 0 Å². The number of hydrogen-bond donors (Lipinski definition) is 5. The second kappa shape index (κ2) is 11.6. The van der Waals surface area contributed by atoms with Crippen molar-refractivity contribution in [1.82, 2.24) is 10.6 Å². The van der Waals surface area contributed by atoms with Crippen molar-refractivity contribution in [2.24, 2.45) is 16.3 Å². The Morgan fingerprint density at radius 2 is 2.06 bits per heavy atom. The van der Waals surface area contributed by atoms with Gasteiger partial charge < -0.3 is 20.6 Å². The van der Waals surface area contributed by atoms with Crippen molar-refractivity contribution in [3.05, 3.63) is 48.8 Å². The Morgan fingerprint density at radius 1 is 1.31 bits per heavy atom. The Morgan fingerprint density at radius 3 is 2.72 bits per heavy atom. The number of hydrogen-bond acceptors (Lipinski definition) is 7. The predicted octanol–water partition coefficient (Wildman–Crippen LogP) is 2.87. The maximum Gasteiger partial charge on any atom is 0.258 e. The van der Waals surface area contributed by atoms with Crippen molar-refractivity contribution in [1.29, 1.82) is 0 Å². The minimum absolute atomic E-state index is 0. The van der Waals surface area contributed by atoms with Gasteiger partial charge in [0.2, 0.25) is 0 Å². The molecule has 32 heavy (non-hydrogen) atoms. The van der Waals surface area contributed by atoms with E-state index in [-0.39, 0.29) is 27.0 Å². The summed E-state index contributed by atoms with van der Waals surface area (Å²) in [4.78, 5) is 19.7. The fourth-order valence-electron chi connectivity index (χ4n) is 4.68. The van der Waals surface area contributed by atoms with Crippen LogP contribution in [0.15, 0.2) is 48.2 Å². The molecule has 3 aliphatic rings. The average Bonchev–Trinajstić information content (AvgIpc) is 3.57. The van der Waals surface area contributed by atoms with Gasteiger partial charge in [-0.1, -0.05) is 13.2 Å². The maximum absolute atomic E-state index is 13.1. The van der Waals surface area contributed by atoms with Crippen molar-refractivity contribution in [2.45, 2.75) is 32.1 Å². The van der Waals surface area contributed by atoms with Gasteiger partial charge in [-0.05, 0) is 67.7 Å². The molecule has 2 heterocycles. The third-order valence-corrected chi connectivity index (χ3v) is 6.54. The maximum atomic E-state index is 13.1. The zero-order valence-corrected chi connectivity index (χ0v) is 21.5. The van der Waals surface area contributed by atoms with Gasteiger partial charge in [-0.3, -0.25) is 15.5 Å². The van der Waals surface area contributed by atoms with E-state index in [9.17, 15) is 10.0 Å². The smallest absolute Gasteiger partial charge is 0.258 e. The van der Waals surface area contributed by atoms with E-state index in [1.807, 2.05) is 6.07 Å². The van der Waals surface area contributed by atoms with Crippen molar-refractivity contribution >= 4 is 23.1 Å². The molecule has 8 nitrogen and oxygen atoms in total. The molecule has 9 heteroatoms. The average molecular weight is 611 g/mol. The third-order valence-electron chi connectivity index (χ3n) is 6.54. The Kier molecular flexibility index (Phi) is 9.49. The number of nitrogens with one attached hydrogen (secondary N) is 3. The molecule has 1 saturated carbocycles. The van der Waals surface area contributed by atoms with Gasteiger partial charge in [0.1, 0.15) is 11.7 Å². The summed E-state index contributed by atoms with van der Waals surface area (Å²) in [7, 11) is 1.00. The van der Waals surface area contributed by atoms with Crippen molar-refractivity contribution in [3.8, 4) is 0 Å². The number of benzene rings is 1. The molecule has 2 fully saturated rings. The Bertz CT molecular complexity index is 869. The number of amides is 1. The molecule has 2 bridgehead atoms. The molecule has 1 aromatic rings. The number of aliphatic hydroxyl groups excluding tert-OH is 1. The summed E-state index contributed by atoms with van der Waals surface area (Å²) in [5.41, 5.74) is 4.64. The summed E-state index contributed by atoms with van der Waals surface area (Å²) in [6, 6.07) is 5.27. The van der Waals surface area contributed by atoms with E-state index in [0.717, 1.165) is 51.7 Å². The second-order valence-electron chi connectivity index (χ2n) is 8.27. The van der Waals surface area contributed by atoms with E-state index in [2.05, 4.69) is 39.2 Å². The first-order valence-electron chi connectivity index (χ1n) is 10.7. The number of rotatable bonds is 2. The van der Waals surface area contributed by atoms with E-state index in [1.165, 1.54) is 18.9 Å². The van der Waals surface area contributed by atoms with Crippen LogP contribution in [0.25, 0.3) is 0 Å². The molecule has 1 aliphatic carbocycles. The summed E-state index contributed by atoms with van der Waals surface area (Å²) >= 11 is 0. The second-order valence-corrected chi connectivity index (χ2v) is 8.27. The number of amidine groups is 1. The molecular weight excluding hydrogens is 578 g/mol. The number of carbonyl (C=O) groups is 1. The molecule has 1 spiro atoms. The van der Waals surface area contributed by atoms with Crippen molar-refractivity contribution < 1.29 is 36.2 Å². The molecule has 0 aromatic heterocycles. The Hall–Kier alpha value is -2.15. The largest absolute Gasteiger partial charge is 0.400 e. The molecule has 5 N–H and O–H groups in total. The molecule has 1 aromatic carbocycles. The van der Waals surface area contributed by atoms with E-state index < -0.39 is 0 Å². The number of aliphatic imine (C=N–C) groups is 1. The van der Waals surface area contributed by atoms with Crippen LogP contribution in [0.5, 0.6) is 0 Å². The van der Waals surface area contributed by atoms with Gasteiger partial charge in [-0.25, -0.2) is 4.99 Å². The van der Waals surface area contributed by atoms with Crippen LogP contribution in [-0.4, -0.2) is 48.8 Å². The molecule has 1 amide bonds. The number of fused-ring (bicyclic) bond motifs is 5. The number of piperidine rings is 1. The van der Waals surface area contributed by atoms with Crippen LogP contribution in [-0.2, 0) is 21.1 Å². The molecule has 0 radical (unpaired) electrons. The normalized spacial score (nSPS) is 23.4. The topological polar surface area (TPSA) is 109 Å². The quantitative estimate of drug-likeness (QED) is 0.330. The summed E-state index contributed by atoms with van der Waals surface area (Å²) in [5.74, 6) is 1.22. The zero-order valence-electron chi connectivity index (χ0n) is 18.6. The molecule has 1 unspecified atom stereocenters. The Balaban J connectivity index is 0.00000118. The van der Waals surface area contributed by atoms with Gasteiger partial charge in [0.25, 0.3) is 5.91 Å². The van der Waals surface area contributed by atoms with Gasteiger partial charge in [-0.15, -0.1) is 0 Å². The fraction of sp³-hybridized carbons (Fsp3) is 0.478. The molecular formula is C23H33N5O3W. The van der Waals surface area contributed by atoms with Crippen LogP contribution in [0.3, 0.4) is 0 Å². The van der Waals surface area contributed by atoms with E-state index in [1.54, 1.807) is 12.1 Å². The van der Waals surface area contributed by atoms with Crippen LogP contribution >= 0.6 is 0 Å². The van der Waals surface area contributed by atoms with Crippen LogP contribution in [0.4, 0.5) is 11.4 Å². The van der Waals surface area contributed by atoms with Gasteiger partial charge in [0, 0.05) is 47.8 Å². The minimum Gasteiger partial charge on any atom is -0.400 e. The summed E-state index contributed by atoms with van der Waals surface area (Å²) in [6.07, 6.45) is 7.46. The van der Waals surface area contributed by atoms with Crippen molar-refractivity contribution in [2.75, 3.05) is 37.1 Å². The van der Waals surface area contributed by atoms with Crippen LogP contribution in [0, 0.1) is 11.3 Å². The number of carbonyl (C=O) groups excluding carboxylic acids is 1. The van der Waals surface area contributed by atoms with Gasteiger partial charge in [0.05, 0.1) is 16.9 Å². The monoisotopic (exact) mass is 611 g/mol.